The maximum Gasteiger partial charge on any atom is 0.254 e. The lowest BCUT2D eigenvalue weighted by Gasteiger charge is -2.18. The standard InChI is InChI=1S/C24H28N2O5/c1-16-4-6-17(7-5-16)19-13-26(14-20(19)23(27)25-10-3-11-29-2)24(28)18-8-9-21-22(12-18)31-15-30-21/h4-9,12,19-20H,3,10-11,13-15H2,1-2H3,(H,25,27)/t19-,20-/m0/s1. The molecule has 0 bridgehead atoms. The van der Waals surface area contributed by atoms with Crippen molar-refractivity contribution in [2.45, 2.75) is 19.3 Å². The molecule has 0 aromatic heterocycles. The van der Waals surface area contributed by atoms with Crippen LogP contribution in [0.3, 0.4) is 0 Å². The van der Waals surface area contributed by atoms with E-state index in [1.807, 2.05) is 19.1 Å². The summed E-state index contributed by atoms with van der Waals surface area (Å²) in [7, 11) is 1.64. The van der Waals surface area contributed by atoms with E-state index in [0.29, 0.717) is 43.3 Å². The van der Waals surface area contributed by atoms with Crippen molar-refractivity contribution in [1.29, 1.82) is 0 Å². The molecule has 0 saturated carbocycles. The van der Waals surface area contributed by atoms with Gasteiger partial charge in [-0.1, -0.05) is 29.8 Å². The zero-order valence-corrected chi connectivity index (χ0v) is 17.9. The third kappa shape index (κ3) is 4.66. The molecule has 0 spiro atoms. The minimum absolute atomic E-state index is 0.0253. The van der Waals surface area contributed by atoms with Crippen LogP contribution in [0.4, 0.5) is 0 Å². The van der Waals surface area contributed by atoms with Gasteiger partial charge in [0, 0.05) is 44.8 Å². The summed E-state index contributed by atoms with van der Waals surface area (Å²) >= 11 is 0. The van der Waals surface area contributed by atoms with Crippen LogP contribution in [0, 0.1) is 12.8 Å². The Morgan fingerprint density at radius 1 is 1.10 bits per heavy atom. The largest absolute Gasteiger partial charge is 0.454 e. The molecule has 2 atom stereocenters. The highest BCUT2D eigenvalue weighted by molar-refractivity contribution is 5.96. The topological polar surface area (TPSA) is 77.1 Å². The fourth-order valence-electron chi connectivity index (χ4n) is 4.16. The van der Waals surface area contributed by atoms with Gasteiger partial charge in [-0.05, 0) is 37.1 Å². The third-order valence-electron chi connectivity index (χ3n) is 5.89. The van der Waals surface area contributed by atoms with Gasteiger partial charge in [0.1, 0.15) is 0 Å². The quantitative estimate of drug-likeness (QED) is 0.692. The first-order valence-electron chi connectivity index (χ1n) is 10.6. The number of methoxy groups -OCH3 is 1. The van der Waals surface area contributed by atoms with Crippen LogP contribution in [-0.2, 0) is 9.53 Å². The Balaban J connectivity index is 1.52. The highest BCUT2D eigenvalue weighted by Gasteiger charge is 2.40. The number of carbonyl (C=O) groups is 2. The molecular formula is C24H28N2O5. The number of carbonyl (C=O) groups excluding carboxylic acids is 2. The van der Waals surface area contributed by atoms with Crippen LogP contribution in [0.5, 0.6) is 11.5 Å². The molecule has 1 fully saturated rings. The molecule has 2 aliphatic heterocycles. The van der Waals surface area contributed by atoms with Crippen molar-refractivity contribution in [1.82, 2.24) is 10.2 Å². The molecule has 2 heterocycles. The van der Waals surface area contributed by atoms with Gasteiger partial charge in [-0.2, -0.15) is 0 Å². The fourth-order valence-corrected chi connectivity index (χ4v) is 4.16. The van der Waals surface area contributed by atoms with Crippen molar-refractivity contribution < 1.29 is 23.8 Å². The minimum Gasteiger partial charge on any atom is -0.454 e. The lowest BCUT2D eigenvalue weighted by Crippen LogP contribution is -2.36. The van der Waals surface area contributed by atoms with Gasteiger partial charge in [-0.25, -0.2) is 0 Å². The van der Waals surface area contributed by atoms with Crippen LogP contribution in [0.2, 0.25) is 0 Å². The second kappa shape index (κ2) is 9.39. The summed E-state index contributed by atoms with van der Waals surface area (Å²) in [5.41, 5.74) is 2.77. The normalized spacial score (nSPS) is 19.5. The first kappa shape index (κ1) is 21.2. The summed E-state index contributed by atoms with van der Waals surface area (Å²) in [6.07, 6.45) is 0.754. The van der Waals surface area contributed by atoms with Gasteiger partial charge < -0.3 is 24.4 Å². The lowest BCUT2D eigenvalue weighted by atomic mass is 9.88. The number of hydrogen-bond acceptors (Lipinski definition) is 5. The predicted octanol–water partition coefficient (Wildman–Crippen LogP) is 2.73. The first-order valence-corrected chi connectivity index (χ1v) is 10.6. The van der Waals surface area contributed by atoms with Gasteiger partial charge in [0.25, 0.3) is 5.91 Å². The van der Waals surface area contributed by atoms with Crippen LogP contribution in [0.15, 0.2) is 42.5 Å². The van der Waals surface area contributed by atoms with Crippen molar-refractivity contribution in [2.24, 2.45) is 5.92 Å². The third-order valence-corrected chi connectivity index (χ3v) is 5.89. The summed E-state index contributed by atoms with van der Waals surface area (Å²) < 4.78 is 15.8. The number of rotatable bonds is 7. The SMILES string of the molecule is COCCCNC(=O)[C@H]1CN(C(=O)c2ccc3c(c2)OCO3)C[C@H]1c1ccc(C)cc1. The molecular weight excluding hydrogens is 396 g/mol. The van der Waals surface area contributed by atoms with Crippen molar-refractivity contribution in [2.75, 3.05) is 40.1 Å². The molecule has 1 N–H and O–H groups in total. The average Bonchev–Trinajstić information content (AvgIpc) is 3.43. The van der Waals surface area contributed by atoms with Gasteiger partial charge in [0.2, 0.25) is 12.7 Å². The van der Waals surface area contributed by atoms with Crippen molar-refractivity contribution in [3.05, 3.63) is 59.2 Å². The number of fused-ring (bicyclic) bond motifs is 1. The summed E-state index contributed by atoms with van der Waals surface area (Å²) in [5, 5.41) is 3.01. The molecule has 4 rings (SSSR count). The molecule has 0 unspecified atom stereocenters. The molecule has 7 heteroatoms. The summed E-state index contributed by atoms with van der Waals surface area (Å²) in [4.78, 5) is 28.0. The van der Waals surface area contributed by atoms with E-state index in [1.54, 1.807) is 30.2 Å². The van der Waals surface area contributed by atoms with Gasteiger partial charge in [0.15, 0.2) is 11.5 Å². The number of hydrogen-bond donors (Lipinski definition) is 1. The summed E-state index contributed by atoms with van der Waals surface area (Å²) in [5.74, 6) is 0.730. The first-order chi connectivity index (χ1) is 15.1. The average molecular weight is 424 g/mol. The molecule has 2 aliphatic rings. The molecule has 31 heavy (non-hydrogen) atoms. The number of ether oxygens (including phenoxy) is 3. The van der Waals surface area contributed by atoms with Crippen LogP contribution in [0.25, 0.3) is 0 Å². The van der Waals surface area contributed by atoms with Gasteiger partial charge in [0.05, 0.1) is 5.92 Å². The Bertz CT molecular complexity index is 943. The zero-order valence-electron chi connectivity index (χ0n) is 17.9. The Morgan fingerprint density at radius 2 is 1.87 bits per heavy atom. The van der Waals surface area contributed by atoms with Crippen LogP contribution < -0.4 is 14.8 Å². The predicted molar refractivity (Wildman–Crippen MR) is 115 cm³/mol. The Morgan fingerprint density at radius 3 is 2.65 bits per heavy atom. The molecule has 7 nitrogen and oxygen atoms in total. The smallest absolute Gasteiger partial charge is 0.254 e. The Hall–Kier alpha value is -3.06. The fraction of sp³-hybridized carbons (Fsp3) is 0.417. The van der Waals surface area contributed by atoms with E-state index in [1.165, 1.54) is 0 Å². The van der Waals surface area contributed by atoms with Gasteiger partial charge in [-0.15, -0.1) is 0 Å². The second-order valence-corrected chi connectivity index (χ2v) is 8.04. The molecule has 1 saturated heterocycles. The summed E-state index contributed by atoms with van der Waals surface area (Å²) in [6.45, 7) is 4.22. The zero-order chi connectivity index (χ0) is 21.8. The molecule has 164 valence electrons. The van der Waals surface area contributed by atoms with Crippen LogP contribution in [-0.4, -0.2) is 56.9 Å². The summed E-state index contributed by atoms with van der Waals surface area (Å²) in [6, 6.07) is 13.4. The highest BCUT2D eigenvalue weighted by atomic mass is 16.7. The monoisotopic (exact) mass is 424 g/mol. The number of amides is 2. The minimum atomic E-state index is -0.303. The maximum atomic E-state index is 13.2. The van der Waals surface area contributed by atoms with E-state index < -0.39 is 0 Å². The van der Waals surface area contributed by atoms with E-state index in [-0.39, 0.29) is 30.4 Å². The molecule has 0 radical (unpaired) electrons. The molecule has 2 amide bonds. The number of likely N-dealkylation sites (tertiary alicyclic amines) is 1. The van der Waals surface area contributed by atoms with Crippen molar-refractivity contribution in [3.63, 3.8) is 0 Å². The van der Waals surface area contributed by atoms with E-state index in [0.717, 1.165) is 17.5 Å². The van der Waals surface area contributed by atoms with Crippen molar-refractivity contribution >= 4 is 11.8 Å². The van der Waals surface area contributed by atoms with Gasteiger partial charge in [-0.3, -0.25) is 9.59 Å². The molecule has 2 aromatic rings. The van der Waals surface area contributed by atoms with E-state index in [4.69, 9.17) is 14.2 Å². The number of aryl methyl sites for hydroxylation is 1. The van der Waals surface area contributed by atoms with Crippen LogP contribution >= 0.6 is 0 Å². The highest BCUT2D eigenvalue weighted by Crippen LogP contribution is 2.36. The number of nitrogens with one attached hydrogen (secondary N) is 1. The van der Waals surface area contributed by atoms with Crippen LogP contribution in [0.1, 0.15) is 33.8 Å². The Kier molecular flexibility index (Phi) is 6.42. The Labute approximate surface area is 182 Å². The van der Waals surface area contributed by atoms with E-state index in [2.05, 4.69) is 17.4 Å². The number of benzene rings is 2. The van der Waals surface area contributed by atoms with E-state index >= 15 is 0 Å². The molecule has 2 aromatic carbocycles. The van der Waals surface area contributed by atoms with Gasteiger partial charge >= 0.3 is 0 Å². The maximum absolute atomic E-state index is 13.2. The van der Waals surface area contributed by atoms with Crippen molar-refractivity contribution in [3.8, 4) is 11.5 Å². The number of nitrogens with zero attached hydrogens (tertiary/aromatic N) is 1. The van der Waals surface area contributed by atoms with E-state index in [9.17, 15) is 9.59 Å². The lowest BCUT2D eigenvalue weighted by molar-refractivity contribution is -0.124. The molecule has 0 aliphatic carbocycles. The second-order valence-electron chi connectivity index (χ2n) is 8.04.